The van der Waals surface area contributed by atoms with Gasteiger partial charge in [-0.3, -0.25) is 0 Å². The predicted molar refractivity (Wildman–Crippen MR) is 82.1 cm³/mol. The molecule has 2 N–H and O–H groups in total. The Hall–Kier alpha value is -0.960. The summed E-state index contributed by atoms with van der Waals surface area (Å²) in [6.07, 6.45) is 6.18. The van der Waals surface area contributed by atoms with Crippen LogP contribution in [-0.2, 0) is 23.7 Å². The third kappa shape index (κ3) is 4.50. The standard InChI is InChI=1S/C13H25N5O2S/c1-14-10-12-4-3-8-18(11-12)21(19,20)16-6-5-13-15-7-9-17(13)2/h7,9,12,14,16H,3-6,8,10-11H2,1-2H3. The number of imidazole rings is 1. The van der Waals surface area contributed by atoms with Crippen LogP contribution in [0.4, 0.5) is 0 Å². The van der Waals surface area contributed by atoms with Gasteiger partial charge in [-0.15, -0.1) is 0 Å². The largest absolute Gasteiger partial charge is 0.338 e. The van der Waals surface area contributed by atoms with E-state index in [2.05, 4.69) is 15.0 Å². The lowest BCUT2D eigenvalue weighted by Gasteiger charge is -2.31. The number of aryl methyl sites for hydroxylation is 1. The van der Waals surface area contributed by atoms with E-state index < -0.39 is 10.2 Å². The van der Waals surface area contributed by atoms with E-state index in [9.17, 15) is 8.42 Å². The minimum absolute atomic E-state index is 0.375. The maximum Gasteiger partial charge on any atom is 0.279 e. The Morgan fingerprint density at radius 3 is 2.95 bits per heavy atom. The van der Waals surface area contributed by atoms with Crippen molar-refractivity contribution in [1.29, 1.82) is 0 Å². The van der Waals surface area contributed by atoms with E-state index in [0.717, 1.165) is 25.2 Å². The van der Waals surface area contributed by atoms with E-state index in [-0.39, 0.29) is 0 Å². The first-order chi connectivity index (χ1) is 10.0. The van der Waals surface area contributed by atoms with Gasteiger partial charge in [-0.1, -0.05) is 0 Å². The van der Waals surface area contributed by atoms with Crippen molar-refractivity contribution >= 4 is 10.2 Å². The number of rotatable bonds is 7. The highest BCUT2D eigenvalue weighted by atomic mass is 32.2. The summed E-state index contributed by atoms with van der Waals surface area (Å²) in [5, 5.41) is 3.12. The molecule has 8 heteroatoms. The molecular formula is C13H25N5O2S. The molecule has 2 heterocycles. The summed E-state index contributed by atoms with van der Waals surface area (Å²) in [6.45, 7) is 2.44. The van der Waals surface area contributed by atoms with Gasteiger partial charge < -0.3 is 9.88 Å². The maximum atomic E-state index is 12.3. The molecule has 0 radical (unpaired) electrons. The van der Waals surface area contributed by atoms with E-state index in [1.807, 2.05) is 24.9 Å². The molecule has 7 nitrogen and oxygen atoms in total. The zero-order valence-electron chi connectivity index (χ0n) is 12.7. The Balaban J connectivity index is 1.85. The first kappa shape index (κ1) is 16.4. The second-order valence-corrected chi connectivity index (χ2v) is 7.28. The van der Waals surface area contributed by atoms with Crippen molar-refractivity contribution in [1.82, 2.24) is 23.9 Å². The van der Waals surface area contributed by atoms with Crippen LogP contribution in [0.25, 0.3) is 0 Å². The fourth-order valence-electron chi connectivity index (χ4n) is 2.72. The van der Waals surface area contributed by atoms with Gasteiger partial charge in [-0.2, -0.15) is 12.7 Å². The summed E-state index contributed by atoms with van der Waals surface area (Å²) in [5.41, 5.74) is 0. The Bertz CT molecular complexity index is 541. The van der Waals surface area contributed by atoms with E-state index in [1.54, 1.807) is 10.5 Å². The number of hydrogen-bond donors (Lipinski definition) is 2. The molecule has 0 aliphatic carbocycles. The number of piperidine rings is 1. The summed E-state index contributed by atoms with van der Waals surface area (Å²) in [7, 11) is 0.426. The molecule has 1 aromatic heterocycles. The van der Waals surface area contributed by atoms with Gasteiger partial charge in [0.1, 0.15) is 5.82 Å². The normalized spacial score (nSPS) is 20.8. The van der Waals surface area contributed by atoms with Crippen molar-refractivity contribution in [3.8, 4) is 0 Å². The number of aromatic nitrogens is 2. The molecule has 120 valence electrons. The average Bonchev–Trinajstić information content (AvgIpc) is 2.85. The Morgan fingerprint density at radius 2 is 2.29 bits per heavy atom. The molecule has 21 heavy (non-hydrogen) atoms. The van der Waals surface area contributed by atoms with Gasteiger partial charge >= 0.3 is 0 Å². The van der Waals surface area contributed by atoms with Crippen LogP contribution in [0.5, 0.6) is 0 Å². The molecule has 0 saturated carbocycles. The highest BCUT2D eigenvalue weighted by molar-refractivity contribution is 7.87. The lowest BCUT2D eigenvalue weighted by Crippen LogP contribution is -2.47. The molecule has 0 aromatic carbocycles. The van der Waals surface area contributed by atoms with Gasteiger partial charge in [0.15, 0.2) is 0 Å². The first-order valence-electron chi connectivity index (χ1n) is 7.38. The number of nitrogens with zero attached hydrogens (tertiary/aromatic N) is 3. The SMILES string of the molecule is CNCC1CCCN(S(=O)(=O)NCCc2nccn2C)C1. The van der Waals surface area contributed by atoms with Gasteiger partial charge in [0.2, 0.25) is 0 Å². The number of hydrogen-bond acceptors (Lipinski definition) is 4. The van der Waals surface area contributed by atoms with E-state index in [0.29, 0.717) is 32.0 Å². The summed E-state index contributed by atoms with van der Waals surface area (Å²) in [6, 6.07) is 0. The quantitative estimate of drug-likeness (QED) is 0.726. The smallest absolute Gasteiger partial charge is 0.279 e. The van der Waals surface area contributed by atoms with Crippen molar-refractivity contribution in [2.75, 3.05) is 33.2 Å². The lowest BCUT2D eigenvalue weighted by atomic mass is 10.00. The van der Waals surface area contributed by atoms with Crippen LogP contribution in [-0.4, -0.2) is 55.5 Å². The fraction of sp³-hybridized carbons (Fsp3) is 0.769. The number of nitrogens with one attached hydrogen (secondary N) is 2. The predicted octanol–water partition coefficient (Wildman–Crippen LogP) is -0.272. The topological polar surface area (TPSA) is 79.3 Å². The monoisotopic (exact) mass is 315 g/mol. The van der Waals surface area contributed by atoms with Gasteiger partial charge in [-0.05, 0) is 32.4 Å². The highest BCUT2D eigenvalue weighted by Gasteiger charge is 2.28. The van der Waals surface area contributed by atoms with Crippen molar-refractivity contribution in [2.45, 2.75) is 19.3 Å². The van der Waals surface area contributed by atoms with Crippen molar-refractivity contribution in [3.63, 3.8) is 0 Å². The zero-order chi connectivity index (χ0) is 15.3. The molecule has 1 saturated heterocycles. The first-order valence-corrected chi connectivity index (χ1v) is 8.82. The van der Waals surface area contributed by atoms with Gasteiger partial charge in [0, 0.05) is 45.5 Å². The van der Waals surface area contributed by atoms with Crippen LogP contribution in [0.15, 0.2) is 12.4 Å². The van der Waals surface area contributed by atoms with E-state index in [4.69, 9.17) is 0 Å². The highest BCUT2D eigenvalue weighted by Crippen LogP contribution is 2.17. The Kier molecular flexibility index (Phi) is 5.74. The average molecular weight is 315 g/mol. The Morgan fingerprint density at radius 1 is 1.48 bits per heavy atom. The molecule has 0 amide bonds. The van der Waals surface area contributed by atoms with Crippen molar-refractivity contribution in [3.05, 3.63) is 18.2 Å². The minimum atomic E-state index is -3.38. The van der Waals surface area contributed by atoms with Crippen LogP contribution < -0.4 is 10.0 Å². The van der Waals surface area contributed by atoms with Gasteiger partial charge in [0.25, 0.3) is 10.2 Å². The molecule has 1 atom stereocenters. The van der Waals surface area contributed by atoms with E-state index >= 15 is 0 Å². The summed E-state index contributed by atoms with van der Waals surface area (Å²) in [5.74, 6) is 1.28. The fourth-order valence-corrected chi connectivity index (χ4v) is 4.04. The van der Waals surface area contributed by atoms with Crippen LogP contribution in [0.1, 0.15) is 18.7 Å². The van der Waals surface area contributed by atoms with Crippen LogP contribution >= 0.6 is 0 Å². The van der Waals surface area contributed by atoms with E-state index in [1.165, 1.54) is 0 Å². The van der Waals surface area contributed by atoms with Crippen LogP contribution in [0.2, 0.25) is 0 Å². The minimum Gasteiger partial charge on any atom is -0.338 e. The van der Waals surface area contributed by atoms with Gasteiger partial charge in [0.05, 0.1) is 0 Å². The second-order valence-electron chi connectivity index (χ2n) is 5.53. The molecule has 0 spiro atoms. The summed E-state index contributed by atoms with van der Waals surface area (Å²) in [4.78, 5) is 4.19. The van der Waals surface area contributed by atoms with Crippen LogP contribution in [0.3, 0.4) is 0 Å². The maximum absolute atomic E-state index is 12.3. The Labute approximate surface area is 126 Å². The molecule has 1 aliphatic heterocycles. The second kappa shape index (κ2) is 7.35. The zero-order valence-corrected chi connectivity index (χ0v) is 13.6. The third-order valence-corrected chi connectivity index (χ3v) is 5.45. The third-order valence-electron chi connectivity index (χ3n) is 3.87. The van der Waals surface area contributed by atoms with Crippen molar-refractivity contribution in [2.24, 2.45) is 13.0 Å². The van der Waals surface area contributed by atoms with Crippen LogP contribution in [0, 0.1) is 5.92 Å². The molecule has 0 bridgehead atoms. The molecule has 1 aromatic rings. The molecular weight excluding hydrogens is 290 g/mol. The molecule has 1 aliphatic rings. The summed E-state index contributed by atoms with van der Waals surface area (Å²) < 4.78 is 30.8. The van der Waals surface area contributed by atoms with Gasteiger partial charge in [-0.25, -0.2) is 9.71 Å². The molecule has 1 unspecified atom stereocenters. The van der Waals surface area contributed by atoms with Crippen molar-refractivity contribution < 1.29 is 8.42 Å². The molecule has 2 rings (SSSR count). The lowest BCUT2D eigenvalue weighted by molar-refractivity contribution is 0.261. The molecule has 1 fully saturated rings. The summed E-state index contributed by atoms with van der Waals surface area (Å²) >= 11 is 0.